The lowest BCUT2D eigenvalue weighted by Gasteiger charge is -2.16. The summed E-state index contributed by atoms with van der Waals surface area (Å²) in [6.45, 7) is 2.67. The first-order valence-electron chi connectivity index (χ1n) is 5.14. The van der Waals surface area contributed by atoms with Gasteiger partial charge in [-0.25, -0.2) is 0 Å². The summed E-state index contributed by atoms with van der Waals surface area (Å²) in [6, 6.07) is 1.95. The maximum absolute atomic E-state index is 5.39. The number of ether oxygens (including phenoxy) is 4. The molecule has 1 fully saturated rings. The SMILES string of the molecule is COc1cc([C@H]2CO2)c(OC)c(OC)c1C. The van der Waals surface area contributed by atoms with Gasteiger partial charge in [0.05, 0.1) is 27.9 Å². The molecule has 88 valence electrons. The highest BCUT2D eigenvalue weighted by Crippen LogP contribution is 2.46. The standard InChI is InChI=1S/C12H16O4/c1-7-9(13-2)5-8(10-6-16-10)12(15-4)11(7)14-3/h5,10H,6H2,1-4H3/t10-/m1/s1. The molecule has 0 saturated carbocycles. The van der Waals surface area contributed by atoms with Gasteiger partial charge in [-0.05, 0) is 13.0 Å². The van der Waals surface area contributed by atoms with Crippen LogP contribution < -0.4 is 14.2 Å². The minimum absolute atomic E-state index is 0.110. The van der Waals surface area contributed by atoms with Crippen LogP contribution in [0.3, 0.4) is 0 Å². The predicted octanol–water partition coefficient (Wildman–Crippen LogP) is 2.09. The van der Waals surface area contributed by atoms with E-state index in [9.17, 15) is 0 Å². The van der Waals surface area contributed by atoms with Crippen LogP contribution in [-0.2, 0) is 4.74 Å². The summed E-state index contributed by atoms with van der Waals surface area (Å²) in [5.74, 6) is 2.25. The molecule has 0 spiro atoms. The second-order valence-corrected chi connectivity index (χ2v) is 3.68. The smallest absolute Gasteiger partial charge is 0.167 e. The summed E-state index contributed by atoms with van der Waals surface area (Å²) in [7, 11) is 4.91. The van der Waals surface area contributed by atoms with E-state index >= 15 is 0 Å². The van der Waals surface area contributed by atoms with Gasteiger partial charge in [-0.2, -0.15) is 0 Å². The average molecular weight is 224 g/mol. The molecule has 0 N–H and O–H groups in total. The van der Waals surface area contributed by atoms with Crippen molar-refractivity contribution in [3.8, 4) is 17.2 Å². The van der Waals surface area contributed by atoms with E-state index in [0.717, 1.165) is 29.2 Å². The van der Waals surface area contributed by atoms with E-state index in [2.05, 4.69) is 0 Å². The number of benzene rings is 1. The van der Waals surface area contributed by atoms with Crippen molar-refractivity contribution < 1.29 is 18.9 Å². The molecule has 0 amide bonds. The van der Waals surface area contributed by atoms with Crippen LogP contribution in [-0.4, -0.2) is 27.9 Å². The first-order chi connectivity index (χ1) is 7.72. The van der Waals surface area contributed by atoms with Gasteiger partial charge in [-0.1, -0.05) is 0 Å². The number of hydrogen-bond donors (Lipinski definition) is 0. The van der Waals surface area contributed by atoms with Crippen LogP contribution in [0.5, 0.6) is 17.2 Å². The van der Waals surface area contributed by atoms with E-state index in [-0.39, 0.29) is 6.10 Å². The number of methoxy groups -OCH3 is 3. The van der Waals surface area contributed by atoms with Crippen LogP contribution in [0.1, 0.15) is 17.2 Å². The minimum Gasteiger partial charge on any atom is -0.496 e. The molecule has 2 rings (SSSR count). The zero-order chi connectivity index (χ0) is 11.7. The Morgan fingerprint density at radius 2 is 1.75 bits per heavy atom. The van der Waals surface area contributed by atoms with Crippen molar-refractivity contribution in [1.29, 1.82) is 0 Å². The van der Waals surface area contributed by atoms with Crippen molar-refractivity contribution in [2.45, 2.75) is 13.0 Å². The molecule has 0 aliphatic carbocycles. The lowest BCUT2D eigenvalue weighted by molar-refractivity contribution is 0.334. The highest BCUT2D eigenvalue weighted by atomic mass is 16.6. The van der Waals surface area contributed by atoms with Crippen LogP contribution >= 0.6 is 0 Å². The highest BCUT2D eigenvalue weighted by molar-refractivity contribution is 5.59. The van der Waals surface area contributed by atoms with Gasteiger partial charge in [0, 0.05) is 11.1 Å². The third-order valence-corrected chi connectivity index (χ3v) is 2.77. The molecule has 4 heteroatoms. The Labute approximate surface area is 95.1 Å². The topological polar surface area (TPSA) is 40.2 Å². The fraction of sp³-hybridized carbons (Fsp3) is 0.500. The molecule has 16 heavy (non-hydrogen) atoms. The molecule has 1 aromatic carbocycles. The van der Waals surface area contributed by atoms with Crippen molar-refractivity contribution in [3.05, 3.63) is 17.2 Å². The molecular weight excluding hydrogens is 208 g/mol. The molecule has 0 unspecified atom stereocenters. The lowest BCUT2D eigenvalue weighted by Crippen LogP contribution is -2.00. The third-order valence-electron chi connectivity index (χ3n) is 2.77. The van der Waals surface area contributed by atoms with Gasteiger partial charge in [-0.15, -0.1) is 0 Å². The molecule has 1 aliphatic rings. The molecule has 1 atom stereocenters. The van der Waals surface area contributed by atoms with Gasteiger partial charge in [0.1, 0.15) is 11.9 Å². The Balaban J connectivity index is 2.58. The Kier molecular flexibility index (Phi) is 2.92. The predicted molar refractivity (Wildman–Crippen MR) is 59.5 cm³/mol. The van der Waals surface area contributed by atoms with Crippen LogP contribution in [0, 0.1) is 6.92 Å². The van der Waals surface area contributed by atoms with Crippen LogP contribution in [0.15, 0.2) is 6.07 Å². The molecule has 0 radical (unpaired) electrons. The molecule has 0 aromatic heterocycles. The third kappa shape index (κ3) is 1.69. The summed E-state index contributed by atoms with van der Waals surface area (Å²) < 4.78 is 21.4. The van der Waals surface area contributed by atoms with E-state index in [1.165, 1.54) is 0 Å². The lowest BCUT2D eigenvalue weighted by atomic mass is 10.1. The molecule has 1 aromatic rings. The quantitative estimate of drug-likeness (QED) is 0.734. The first kappa shape index (κ1) is 11.1. The summed E-state index contributed by atoms with van der Waals surface area (Å²) >= 11 is 0. The van der Waals surface area contributed by atoms with Gasteiger partial charge < -0.3 is 18.9 Å². The Morgan fingerprint density at radius 3 is 2.19 bits per heavy atom. The van der Waals surface area contributed by atoms with E-state index in [1.54, 1.807) is 21.3 Å². The van der Waals surface area contributed by atoms with Gasteiger partial charge >= 0.3 is 0 Å². The average Bonchev–Trinajstić information content (AvgIpc) is 3.12. The van der Waals surface area contributed by atoms with Crippen molar-refractivity contribution in [2.75, 3.05) is 27.9 Å². The van der Waals surface area contributed by atoms with Crippen LogP contribution in [0.2, 0.25) is 0 Å². The van der Waals surface area contributed by atoms with Crippen LogP contribution in [0.25, 0.3) is 0 Å². The Morgan fingerprint density at radius 1 is 1.12 bits per heavy atom. The summed E-state index contributed by atoms with van der Waals surface area (Å²) in [4.78, 5) is 0. The molecule has 1 aliphatic heterocycles. The maximum Gasteiger partial charge on any atom is 0.167 e. The van der Waals surface area contributed by atoms with Crippen LogP contribution in [0.4, 0.5) is 0 Å². The number of hydrogen-bond acceptors (Lipinski definition) is 4. The molecule has 0 bridgehead atoms. The van der Waals surface area contributed by atoms with Crippen molar-refractivity contribution in [1.82, 2.24) is 0 Å². The zero-order valence-corrected chi connectivity index (χ0v) is 9.99. The fourth-order valence-electron chi connectivity index (χ4n) is 1.86. The fourth-order valence-corrected chi connectivity index (χ4v) is 1.86. The molecule has 1 saturated heterocycles. The molecule has 4 nitrogen and oxygen atoms in total. The maximum atomic E-state index is 5.39. The number of rotatable bonds is 4. The summed E-state index contributed by atoms with van der Waals surface area (Å²) in [5, 5.41) is 0. The Bertz CT molecular complexity index is 396. The van der Waals surface area contributed by atoms with Gasteiger partial charge in [0.2, 0.25) is 0 Å². The van der Waals surface area contributed by atoms with E-state index < -0.39 is 0 Å². The largest absolute Gasteiger partial charge is 0.496 e. The summed E-state index contributed by atoms with van der Waals surface area (Å²) in [5.41, 5.74) is 1.92. The normalized spacial score (nSPS) is 18.1. The second kappa shape index (κ2) is 4.22. The van der Waals surface area contributed by atoms with Crippen molar-refractivity contribution in [3.63, 3.8) is 0 Å². The molecule has 1 heterocycles. The van der Waals surface area contributed by atoms with E-state index in [1.807, 2.05) is 13.0 Å². The van der Waals surface area contributed by atoms with Gasteiger partial charge in [0.15, 0.2) is 11.5 Å². The monoisotopic (exact) mass is 224 g/mol. The minimum atomic E-state index is 0.110. The second-order valence-electron chi connectivity index (χ2n) is 3.68. The zero-order valence-electron chi connectivity index (χ0n) is 9.99. The van der Waals surface area contributed by atoms with Gasteiger partial charge in [0.25, 0.3) is 0 Å². The highest BCUT2D eigenvalue weighted by Gasteiger charge is 2.31. The van der Waals surface area contributed by atoms with E-state index in [0.29, 0.717) is 5.75 Å². The summed E-state index contributed by atoms with van der Waals surface area (Å²) in [6.07, 6.45) is 0.110. The van der Waals surface area contributed by atoms with Gasteiger partial charge in [-0.3, -0.25) is 0 Å². The van der Waals surface area contributed by atoms with Crippen molar-refractivity contribution >= 4 is 0 Å². The first-order valence-corrected chi connectivity index (χ1v) is 5.14. The number of epoxide rings is 1. The molecular formula is C12H16O4. The Hall–Kier alpha value is -1.42. The van der Waals surface area contributed by atoms with Crippen molar-refractivity contribution in [2.24, 2.45) is 0 Å². The van der Waals surface area contributed by atoms with E-state index in [4.69, 9.17) is 18.9 Å².